The average Bonchev–Trinajstić information content (AvgIpc) is 2.79. The molecule has 5 nitrogen and oxygen atoms in total. The lowest BCUT2D eigenvalue weighted by atomic mass is 10.1. The number of likely N-dealkylation sites (tertiary alicyclic amines) is 1. The molecular formula is C12H22N4O. The molecule has 0 spiro atoms. The molecule has 1 saturated heterocycles. The van der Waals surface area contributed by atoms with Crippen LogP contribution < -0.4 is 5.73 Å². The van der Waals surface area contributed by atoms with Crippen LogP contribution >= 0.6 is 0 Å². The maximum atomic E-state index is 6.11. The van der Waals surface area contributed by atoms with Gasteiger partial charge in [0.15, 0.2) is 5.82 Å². The molecule has 2 heterocycles. The van der Waals surface area contributed by atoms with Gasteiger partial charge in [-0.05, 0) is 25.9 Å². The number of nitrogens with two attached hydrogens (primary N) is 1. The predicted molar refractivity (Wildman–Crippen MR) is 65.6 cm³/mol. The van der Waals surface area contributed by atoms with Crippen LogP contribution in [0, 0.1) is 0 Å². The highest BCUT2D eigenvalue weighted by Gasteiger charge is 2.19. The molecule has 0 aromatic carbocycles. The van der Waals surface area contributed by atoms with E-state index in [1.54, 1.807) is 0 Å². The van der Waals surface area contributed by atoms with Crippen LogP contribution in [0.2, 0.25) is 0 Å². The fourth-order valence-corrected chi connectivity index (χ4v) is 2.13. The molecule has 96 valence electrons. The molecule has 1 aliphatic heterocycles. The zero-order valence-electron chi connectivity index (χ0n) is 10.7. The van der Waals surface area contributed by atoms with Crippen molar-refractivity contribution in [3.63, 3.8) is 0 Å². The van der Waals surface area contributed by atoms with Crippen molar-refractivity contribution < 1.29 is 4.52 Å². The van der Waals surface area contributed by atoms with Crippen molar-refractivity contribution >= 4 is 0 Å². The topological polar surface area (TPSA) is 68.2 Å². The number of aromatic nitrogens is 2. The quantitative estimate of drug-likeness (QED) is 0.864. The number of nitrogens with zero attached hydrogens (tertiary/aromatic N) is 3. The lowest BCUT2D eigenvalue weighted by Crippen LogP contribution is -2.36. The number of piperidine rings is 1. The Balaban J connectivity index is 1.91. The molecule has 0 aliphatic carbocycles. The van der Waals surface area contributed by atoms with E-state index in [0.717, 1.165) is 19.6 Å². The summed E-state index contributed by atoms with van der Waals surface area (Å²) in [6, 6.07) is -0.135. The summed E-state index contributed by atoms with van der Waals surface area (Å²) in [5.74, 6) is 1.58. The van der Waals surface area contributed by atoms with Crippen molar-refractivity contribution in [3.05, 3.63) is 11.7 Å². The normalized spacial score (nSPS) is 19.8. The summed E-state index contributed by atoms with van der Waals surface area (Å²) in [6.45, 7) is 7.18. The molecule has 0 saturated carbocycles. The van der Waals surface area contributed by atoms with E-state index in [1.807, 2.05) is 13.8 Å². The van der Waals surface area contributed by atoms with Crippen LogP contribution in [-0.2, 0) is 0 Å². The van der Waals surface area contributed by atoms with E-state index in [0.29, 0.717) is 11.7 Å². The molecule has 1 aliphatic rings. The summed E-state index contributed by atoms with van der Waals surface area (Å²) in [5.41, 5.74) is 6.11. The second-order valence-electron chi connectivity index (χ2n) is 5.11. The maximum Gasteiger partial charge on any atom is 0.229 e. The third kappa shape index (κ3) is 3.26. The highest BCUT2D eigenvalue weighted by Crippen LogP contribution is 2.16. The Morgan fingerprint density at radius 2 is 2.00 bits per heavy atom. The predicted octanol–water partition coefficient (Wildman–Crippen LogP) is 1.68. The smallest absolute Gasteiger partial charge is 0.229 e. The monoisotopic (exact) mass is 238 g/mol. The molecule has 5 heteroatoms. The molecule has 0 bridgehead atoms. The van der Waals surface area contributed by atoms with E-state index in [-0.39, 0.29) is 12.0 Å². The van der Waals surface area contributed by atoms with Gasteiger partial charge in [-0.3, -0.25) is 0 Å². The first-order valence-electron chi connectivity index (χ1n) is 6.48. The zero-order chi connectivity index (χ0) is 12.3. The molecule has 1 unspecified atom stereocenters. The van der Waals surface area contributed by atoms with Crippen LogP contribution in [0.25, 0.3) is 0 Å². The second kappa shape index (κ2) is 5.60. The number of hydrogen-bond donors (Lipinski definition) is 1. The van der Waals surface area contributed by atoms with Crippen molar-refractivity contribution in [3.8, 4) is 0 Å². The van der Waals surface area contributed by atoms with Crippen LogP contribution in [0.5, 0.6) is 0 Å². The summed E-state index contributed by atoms with van der Waals surface area (Å²) < 4.78 is 5.18. The van der Waals surface area contributed by atoms with E-state index in [2.05, 4.69) is 15.0 Å². The van der Waals surface area contributed by atoms with Gasteiger partial charge < -0.3 is 15.2 Å². The lowest BCUT2D eigenvalue weighted by Gasteiger charge is -2.27. The molecule has 0 amide bonds. The minimum Gasteiger partial charge on any atom is -0.339 e. The maximum absolute atomic E-state index is 6.11. The van der Waals surface area contributed by atoms with Gasteiger partial charge in [0, 0.05) is 12.5 Å². The molecule has 17 heavy (non-hydrogen) atoms. The van der Waals surface area contributed by atoms with Gasteiger partial charge in [0.2, 0.25) is 5.89 Å². The van der Waals surface area contributed by atoms with Gasteiger partial charge in [0.1, 0.15) is 0 Å². The Kier molecular flexibility index (Phi) is 4.12. The first-order chi connectivity index (χ1) is 8.16. The van der Waals surface area contributed by atoms with E-state index in [9.17, 15) is 0 Å². The highest BCUT2D eigenvalue weighted by atomic mass is 16.5. The molecule has 1 fully saturated rings. The molecular weight excluding hydrogens is 216 g/mol. The molecule has 2 rings (SSSR count). The summed E-state index contributed by atoms with van der Waals surface area (Å²) in [6.07, 6.45) is 3.89. The Hall–Kier alpha value is -0.940. The first-order valence-corrected chi connectivity index (χ1v) is 6.48. The van der Waals surface area contributed by atoms with Gasteiger partial charge in [0.05, 0.1) is 6.04 Å². The Morgan fingerprint density at radius 1 is 1.29 bits per heavy atom. The summed E-state index contributed by atoms with van der Waals surface area (Å²) in [7, 11) is 0. The van der Waals surface area contributed by atoms with Crippen LogP contribution in [-0.4, -0.2) is 34.7 Å². The largest absolute Gasteiger partial charge is 0.339 e. The fourth-order valence-electron chi connectivity index (χ4n) is 2.13. The third-order valence-corrected chi connectivity index (χ3v) is 3.19. The lowest BCUT2D eigenvalue weighted by molar-refractivity contribution is 0.213. The summed E-state index contributed by atoms with van der Waals surface area (Å²) in [4.78, 5) is 6.73. The van der Waals surface area contributed by atoms with Gasteiger partial charge in [-0.25, -0.2) is 0 Å². The van der Waals surface area contributed by atoms with Crippen molar-refractivity contribution in [1.29, 1.82) is 0 Å². The Morgan fingerprint density at radius 3 is 2.59 bits per heavy atom. The minimum absolute atomic E-state index is 0.135. The van der Waals surface area contributed by atoms with E-state index in [4.69, 9.17) is 10.3 Å². The summed E-state index contributed by atoms with van der Waals surface area (Å²) in [5, 5.41) is 3.97. The third-order valence-electron chi connectivity index (χ3n) is 3.19. The summed E-state index contributed by atoms with van der Waals surface area (Å²) >= 11 is 0. The van der Waals surface area contributed by atoms with Crippen molar-refractivity contribution in [2.75, 3.05) is 19.6 Å². The van der Waals surface area contributed by atoms with Gasteiger partial charge >= 0.3 is 0 Å². The molecule has 1 aromatic rings. The van der Waals surface area contributed by atoms with Gasteiger partial charge in [-0.2, -0.15) is 4.98 Å². The Bertz CT molecular complexity index is 344. The number of hydrogen-bond acceptors (Lipinski definition) is 5. The van der Waals surface area contributed by atoms with Crippen molar-refractivity contribution in [2.45, 2.75) is 45.1 Å². The molecule has 2 N–H and O–H groups in total. The van der Waals surface area contributed by atoms with E-state index in [1.165, 1.54) is 19.3 Å². The molecule has 1 aromatic heterocycles. The van der Waals surface area contributed by atoms with Crippen LogP contribution in [0.1, 0.15) is 56.8 Å². The highest BCUT2D eigenvalue weighted by molar-refractivity contribution is 4.96. The van der Waals surface area contributed by atoms with Gasteiger partial charge in [-0.15, -0.1) is 0 Å². The van der Waals surface area contributed by atoms with E-state index < -0.39 is 0 Å². The standard InChI is InChI=1S/C12H22N4O/c1-9(2)12-14-11(15-17-12)10(13)8-16-6-4-3-5-7-16/h9-10H,3-8,13H2,1-2H3. The molecule has 0 radical (unpaired) electrons. The fraction of sp³-hybridized carbons (Fsp3) is 0.833. The van der Waals surface area contributed by atoms with Crippen molar-refractivity contribution in [2.24, 2.45) is 5.73 Å². The van der Waals surface area contributed by atoms with Gasteiger partial charge in [0.25, 0.3) is 0 Å². The van der Waals surface area contributed by atoms with Crippen molar-refractivity contribution in [1.82, 2.24) is 15.0 Å². The van der Waals surface area contributed by atoms with Crippen LogP contribution in [0.4, 0.5) is 0 Å². The van der Waals surface area contributed by atoms with Gasteiger partial charge in [-0.1, -0.05) is 25.4 Å². The minimum atomic E-state index is -0.135. The SMILES string of the molecule is CC(C)c1nc(C(N)CN2CCCCC2)no1. The van der Waals surface area contributed by atoms with E-state index >= 15 is 0 Å². The molecule has 1 atom stereocenters. The number of rotatable bonds is 4. The Labute approximate surface area is 102 Å². The van der Waals surface area contributed by atoms with Crippen LogP contribution in [0.15, 0.2) is 4.52 Å². The zero-order valence-corrected chi connectivity index (χ0v) is 10.7. The van der Waals surface area contributed by atoms with Crippen LogP contribution in [0.3, 0.4) is 0 Å². The average molecular weight is 238 g/mol. The second-order valence-corrected chi connectivity index (χ2v) is 5.11. The first kappa shape index (κ1) is 12.5.